The summed E-state index contributed by atoms with van der Waals surface area (Å²) in [4.78, 5) is 24.3. The van der Waals surface area contributed by atoms with Crippen molar-refractivity contribution in [1.82, 2.24) is 4.90 Å². The van der Waals surface area contributed by atoms with E-state index < -0.39 is 0 Å². The van der Waals surface area contributed by atoms with Gasteiger partial charge in [-0.15, -0.1) is 0 Å². The van der Waals surface area contributed by atoms with Gasteiger partial charge >= 0.3 is 0 Å². The lowest BCUT2D eigenvalue weighted by molar-refractivity contribution is -0.129. The molecule has 0 spiro atoms. The number of likely N-dealkylation sites (N-methyl/N-ethyl adjacent to an activating group) is 1. The Bertz CT molecular complexity index is 189. The van der Waals surface area contributed by atoms with Crippen LogP contribution in [0.15, 0.2) is 0 Å². The van der Waals surface area contributed by atoms with Crippen LogP contribution in [0, 0.1) is 5.92 Å². The van der Waals surface area contributed by atoms with E-state index in [2.05, 4.69) is 5.73 Å². The van der Waals surface area contributed by atoms with E-state index in [4.69, 9.17) is 0 Å². The molecule has 0 aliphatic rings. The van der Waals surface area contributed by atoms with Crippen molar-refractivity contribution in [2.75, 3.05) is 20.1 Å². The van der Waals surface area contributed by atoms with E-state index in [0.717, 1.165) is 19.4 Å². The lowest BCUT2D eigenvalue weighted by Crippen LogP contribution is -2.43. The summed E-state index contributed by atoms with van der Waals surface area (Å²) in [5.74, 6) is 0.168. The molecule has 0 amide bonds. The van der Waals surface area contributed by atoms with Crippen molar-refractivity contribution >= 4 is 12.1 Å². The zero-order chi connectivity index (χ0) is 13.1. The summed E-state index contributed by atoms with van der Waals surface area (Å²) in [7, 11) is 1.50. The van der Waals surface area contributed by atoms with Gasteiger partial charge in [0, 0.05) is 12.3 Å². The Hall–Kier alpha value is -0.740. The van der Waals surface area contributed by atoms with Crippen LogP contribution in [0.2, 0.25) is 0 Å². The largest absolute Gasteiger partial charge is 0.333 e. The topological polar surface area (TPSA) is 63.4 Å². The number of rotatable bonds is 7. The van der Waals surface area contributed by atoms with E-state index in [9.17, 15) is 9.59 Å². The lowest BCUT2D eigenvalue weighted by atomic mass is 9.98. The molecular weight excluding hydrogens is 204 g/mol. The van der Waals surface area contributed by atoms with Crippen LogP contribution in [-0.4, -0.2) is 43.1 Å². The molecule has 4 heteroatoms. The fourth-order valence-electron chi connectivity index (χ4n) is 1.59. The molecule has 2 N–H and O–H groups in total. The fraction of sp³-hybridized carbons (Fsp3) is 0.833. The number of nitrogens with two attached hydrogens (primary N) is 1. The Balaban J connectivity index is 0. The Kier molecular flexibility index (Phi) is 11.9. The van der Waals surface area contributed by atoms with Crippen LogP contribution >= 0.6 is 0 Å². The first-order valence-electron chi connectivity index (χ1n) is 5.87. The van der Waals surface area contributed by atoms with Gasteiger partial charge < -0.3 is 10.5 Å². The fourth-order valence-corrected chi connectivity index (χ4v) is 1.59. The number of carbonyl (C=O) groups excluding carboxylic acids is 2. The molecule has 0 aliphatic carbocycles. The van der Waals surface area contributed by atoms with Crippen LogP contribution in [0.1, 0.15) is 34.1 Å². The first kappa shape index (κ1) is 17.6. The number of nitrogens with zero attached hydrogens (tertiary/aromatic N) is 1. The monoisotopic (exact) mass is 230 g/mol. The van der Waals surface area contributed by atoms with Gasteiger partial charge in [0.25, 0.3) is 0 Å². The third kappa shape index (κ3) is 5.98. The van der Waals surface area contributed by atoms with Crippen molar-refractivity contribution in [3.05, 3.63) is 0 Å². The van der Waals surface area contributed by atoms with Crippen molar-refractivity contribution in [2.24, 2.45) is 11.7 Å². The molecule has 0 aliphatic heterocycles. The summed E-state index contributed by atoms with van der Waals surface area (Å²) < 4.78 is 0. The number of hydrogen-bond donors (Lipinski definition) is 1. The van der Waals surface area contributed by atoms with Gasteiger partial charge in [-0.05, 0) is 20.1 Å². The molecule has 1 atom stereocenters. The molecule has 0 aromatic heterocycles. The van der Waals surface area contributed by atoms with Crippen LogP contribution in [0.25, 0.3) is 0 Å². The zero-order valence-corrected chi connectivity index (χ0v) is 11.2. The van der Waals surface area contributed by atoms with Gasteiger partial charge in [-0.2, -0.15) is 0 Å². The molecule has 0 aromatic carbocycles. The van der Waals surface area contributed by atoms with Gasteiger partial charge in [0.1, 0.15) is 6.29 Å². The third-order valence-electron chi connectivity index (χ3n) is 2.47. The van der Waals surface area contributed by atoms with Gasteiger partial charge in [-0.3, -0.25) is 9.69 Å². The molecule has 0 heterocycles. The van der Waals surface area contributed by atoms with E-state index in [1.54, 1.807) is 0 Å². The average Bonchev–Trinajstić information content (AvgIpc) is 2.31. The molecular formula is C12H26N2O2. The number of hydrogen-bond acceptors (Lipinski definition) is 4. The molecule has 0 saturated carbocycles. The Morgan fingerprint density at radius 1 is 1.25 bits per heavy atom. The Labute approximate surface area is 99.2 Å². The summed E-state index contributed by atoms with van der Waals surface area (Å²) in [6.07, 6.45) is 1.15. The first-order valence-corrected chi connectivity index (χ1v) is 5.87. The molecule has 16 heavy (non-hydrogen) atoms. The summed E-state index contributed by atoms with van der Waals surface area (Å²) in [5, 5.41) is 0. The van der Waals surface area contributed by atoms with E-state index in [1.807, 2.05) is 32.6 Å². The maximum absolute atomic E-state index is 11.8. The Morgan fingerprint density at radius 3 is 1.94 bits per heavy atom. The van der Waals surface area contributed by atoms with Crippen molar-refractivity contribution in [1.29, 1.82) is 0 Å². The smallest absolute Gasteiger partial charge is 0.152 e. The van der Waals surface area contributed by atoms with Crippen molar-refractivity contribution in [2.45, 2.75) is 40.2 Å². The summed E-state index contributed by atoms with van der Waals surface area (Å²) in [6, 6.07) is -0.220. The Morgan fingerprint density at radius 2 is 1.69 bits per heavy atom. The number of Topliss-reactive ketones (excluding diaryl/α,β-unsaturated/α-hetero) is 1. The molecule has 96 valence electrons. The van der Waals surface area contributed by atoms with E-state index >= 15 is 0 Å². The SMILES string of the molecule is CCN(CC)C(CC=O)C(=O)C(C)C.CN. The van der Waals surface area contributed by atoms with Crippen molar-refractivity contribution < 1.29 is 9.59 Å². The first-order chi connectivity index (χ1) is 7.58. The standard InChI is InChI=1S/C11H21NO2.CH5N/c1-5-12(6-2)10(7-8-13)11(14)9(3)4;1-2/h8-10H,5-7H2,1-4H3;2H2,1H3. The summed E-state index contributed by atoms with van der Waals surface area (Å²) in [5.41, 5.74) is 4.50. The maximum Gasteiger partial charge on any atom is 0.152 e. The highest BCUT2D eigenvalue weighted by atomic mass is 16.1. The predicted molar refractivity (Wildman–Crippen MR) is 67.3 cm³/mol. The molecule has 4 nitrogen and oxygen atoms in total. The highest BCUT2D eigenvalue weighted by Crippen LogP contribution is 2.10. The van der Waals surface area contributed by atoms with Gasteiger partial charge in [0.05, 0.1) is 6.04 Å². The number of carbonyl (C=O) groups is 2. The van der Waals surface area contributed by atoms with Crippen LogP contribution in [0.3, 0.4) is 0 Å². The minimum absolute atomic E-state index is 0.000509. The lowest BCUT2D eigenvalue weighted by Gasteiger charge is -2.28. The van der Waals surface area contributed by atoms with Crippen LogP contribution in [0.5, 0.6) is 0 Å². The highest BCUT2D eigenvalue weighted by molar-refractivity contribution is 5.87. The van der Waals surface area contributed by atoms with Crippen molar-refractivity contribution in [3.63, 3.8) is 0 Å². The third-order valence-corrected chi connectivity index (χ3v) is 2.47. The van der Waals surface area contributed by atoms with E-state index in [1.165, 1.54) is 7.05 Å². The normalized spacial score (nSPS) is 12.0. The van der Waals surface area contributed by atoms with Gasteiger partial charge in [0.2, 0.25) is 0 Å². The molecule has 0 fully saturated rings. The number of aldehydes is 1. The van der Waals surface area contributed by atoms with Crippen LogP contribution < -0.4 is 5.73 Å². The molecule has 0 radical (unpaired) electrons. The van der Waals surface area contributed by atoms with E-state index in [-0.39, 0.29) is 17.7 Å². The summed E-state index contributed by atoms with van der Waals surface area (Å²) >= 11 is 0. The summed E-state index contributed by atoms with van der Waals surface area (Å²) in [6.45, 7) is 9.40. The van der Waals surface area contributed by atoms with Gasteiger partial charge in [0.15, 0.2) is 5.78 Å². The second-order valence-electron chi connectivity index (χ2n) is 3.70. The molecule has 0 saturated heterocycles. The quantitative estimate of drug-likeness (QED) is 0.665. The molecule has 0 bridgehead atoms. The van der Waals surface area contributed by atoms with Gasteiger partial charge in [-0.1, -0.05) is 27.7 Å². The van der Waals surface area contributed by atoms with Crippen molar-refractivity contribution in [3.8, 4) is 0 Å². The maximum atomic E-state index is 11.8. The van der Waals surface area contributed by atoms with E-state index in [0.29, 0.717) is 6.42 Å². The predicted octanol–water partition coefficient (Wildman–Crippen LogP) is 1.09. The molecule has 0 aromatic rings. The minimum Gasteiger partial charge on any atom is -0.333 e. The zero-order valence-electron chi connectivity index (χ0n) is 11.2. The van der Waals surface area contributed by atoms with Gasteiger partial charge in [-0.25, -0.2) is 0 Å². The average molecular weight is 230 g/mol. The number of ketones is 1. The minimum atomic E-state index is -0.220. The second kappa shape index (κ2) is 10.8. The second-order valence-corrected chi connectivity index (χ2v) is 3.70. The van der Waals surface area contributed by atoms with Crippen LogP contribution in [-0.2, 0) is 9.59 Å². The molecule has 0 rings (SSSR count). The molecule has 1 unspecified atom stereocenters. The van der Waals surface area contributed by atoms with Crippen LogP contribution in [0.4, 0.5) is 0 Å². The highest BCUT2D eigenvalue weighted by Gasteiger charge is 2.25.